The SMILES string of the molecule is O=C(CC(=O)c1ccccc1C(=O)O)c1ccccc1. The van der Waals surface area contributed by atoms with Crippen molar-refractivity contribution in [2.45, 2.75) is 6.42 Å². The predicted molar refractivity (Wildman–Crippen MR) is 73.1 cm³/mol. The Morgan fingerprint density at radius 1 is 0.750 bits per heavy atom. The lowest BCUT2D eigenvalue weighted by Crippen LogP contribution is -2.12. The smallest absolute Gasteiger partial charge is 0.336 e. The van der Waals surface area contributed by atoms with Crippen LogP contribution in [0.25, 0.3) is 0 Å². The van der Waals surface area contributed by atoms with Gasteiger partial charge >= 0.3 is 5.97 Å². The van der Waals surface area contributed by atoms with Gasteiger partial charge in [-0.2, -0.15) is 0 Å². The van der Waals surface area contributed by atoms with E-state index in [-0.39, 0.29) is 23.3 Å². The minimum Gasteiger partial charge on any atom is -0.478 e. The Kier molecular flexibility index (Phi) is 4.05. The number of hydrogen-bond acceptors (Lipinski definition) is 3. The van der Waals surface area contributed by atoms with E-state index < -0.39 is 11.8 Å². The maximum atomic E-state index is 12.1. The molecule has 2 aromatic rings. The molecule has 0 heterocycles. The summed E-state index contributed by atoms with van der Waals surface area (Å²) in [6.07, 6.45) is -0.339. The van der Waals surface area contributed by atoms with Crippen molar-refractivity contribution in [3.8, 4) is 0 Å². The van der Waals surface area contributed by atoms with Gasteiger partial charge in [-0.15, -0.1) is 0 Å². The monoisotopic (exact) mass is 268 g/mol. The third-order valence-electron chi connectivity index (χ3n) is 2.87. The van der Waals surface area contributed by atoms with E-state index in [9.17, 15) is 14.4 Å². The molecule has 0 aliphatic rings. The van der Waals surface area contributed by atoms with Gasteiger partial charge in [0.15, 0.2) is 11.6 Å². The first-order valence-corrected chi connectivity index (χ1v) is 6.03. The van der Waals surface area contributed by atoms with Crippen molar-refractivity contribution in [3.05, 3.63) is 71.3 Å². The summed E-state index contributed by atoms with van der Waals surface area (Å²) in [7, 11) is 0. The highest BCUT2D eigenvalue weighted by Gasteiger charge is 2.18. The number of aromatic carboxylic acids is 1. The van der Waals surface area contributed by atoms with Crippen molar-refractivity contribution in [2.75, 3.05) is 0 Å². The standard InChI is InChI=1S/C16H12O4/c17-14(11-6-2-1-3-7-11)10-15(18)12-8-4-5-9-13(12)16(19)20/h1-9H,10H2,(H,19,20). The van der Waals surface area contributed by atoms with Crippen molar-refractivity contribution in [1.82, 2.24) is 0 Å². The first-order chi connectivity index (χ1) is 9.59. The molecule has 1 N–H and O–H groups in total. The molecule has 0 aliphatic heterocycles. The molecule has 0 unspecified atom stereocenters. The lowest BCUT2D eigenvalue weighted by Gasteiger charge is -2.04. The quantitative estimate of drug-likeness (QED) is 0.668. The van der Waals surface area contributed by atoms with Crippen LogP contribution in [0.1, 0.15) is 37.5 Å². The minimum atomic E-state index is -1.18. The second-order valence-electron chi connectivity index (χ2n) is 4.24. The molecule has 0 saturated carbocycles. The lowest BCUT2D eigenvalue weighted by atomic mass is 9.98. The molecule has 0 spiro atoms. The molecule has 0 amide bonds. The van der Waals surface area contributed by atoms with Gasteiger partial charge in [-0.3, -0.25) is 9.59 Å². The summed E-state index contributed by atoms with van der Waals surface area (Å²) in [6.45, 7) is 0. The van der Waals surface area contributed by atoms with Crippen LogP contribution < -0.4 is 0 Å². The first kappa shape index (κ1) is 13.7. The second kappa shape index (κ2) is 5.93. The molecule has 4 heteroatoms. The van der Waals surface area contributed by atoms with Gasteiger partial charge in [-0.25, -0.2) is 4.79 Å². The summed E-state index contributed by atoms with van der Waals surface area (Å²) in [5.74, 6) is -1.99. The topological polar surface area (TPSA) is 71.4 Å². The molecule has 0 bridgehead atoms. The third-order valence-corrected chi connectivity index (χ3v) is 2.87. The van der Waals surface area contributed by atoms with E-state index in [0.717, 1.165) is 0 Å². The van der Waals surface area contributed by atoms with Gasteiger partial charge in [0.2, 0.25) is 0 Å². The number of carboxylic acid groups (broad SMARTS) is 1. The molecule has 100 valence electrons. The molecular weight excluding hydrogens is 256 g/mol. The fourth-order valence-corrected chi connectivity index (χ4v) is 1.88. The van der Waals surface area contributed by atoms with Gasteiger partial charge in [-0.05, 0) is 6.07 Å². The minimum absolute atomic E-state index is 0.0595. The first-order valence-electron chi connectivity index (χ1n) is 6.03. The van der Waals surface area contributed by atoms with Gasteiger partial charge in [0.25, 0.3) is 0 Å². The molecule has 0 atom stereocenters. The summed E-state index contributed by atoms with van der Waals surface area (Å²) in [4.78, 5) is 35.1. The Balaban J connectivity index is 2.21. The van der Waals surface area contributed by atoms with Crippen LogP contribution in [0.2, 0.25) is 0 Å². The Hall–Kier alpha value is -2.75. The summed E-state index contributed by atoms with van der Waals surface area (Å²) in [6, 6.07) is 14.3. The molecule has 0 radical (unpaired) electrons. The zero-order valence-electron chi connectivity index (χ0n) is 10.6. The number of ketones is 2. The summed E-state index contributed by atoms with van der Waals surface area (Å²) in [5.41, 5.74) is 0.413. The molecule has 2 aromatic carbocycles. The molecule has 4 nitrogen and oxygen atoms in total. The molecular formula is C16H12O4. The van der Waals surface area contributed by atoms with E-state index in [1.165, 1.54) is 12.1 Å². The average Bonchev–Trinajstić information content (AvgIpc) is 2.48. The van der Waals surface area contributed by atoms with Crippen LogP contribution in [0.3, 0.4) is 0 Å². The van der Waals surface area contributed by atoms with Crippen LogP contribution >= 0.6 is 0 Å². The zero-order valence-corrected chi connectivity index (χ0v) is 10.6. The maximum Gasteiger partial charge on any atom is 0.336 e. The van der Waals surface area contributed by atoms with Crippen LogP contribution in [0.15, 0.2) is 54.6 Å². The van der Waals surface area contributed by atoms with E-state index >= 15 is 0 Å². The van der Waals surface area contributed by atoms with Gasteiger partial charge < -0.3 is 5.11 Å². The molecule has 0 saturated heterocycles. The number of carboxylic acids is 1. The average molecular weight is 268 g/mol. The van der Waals surface area contributed by atoms with Gasteiger partial charge in [0.1, 0.15) is 0 Å². The lowest BCUT2D eigenvalue weighted by molar-refractivity contribution is 0.0690. The van der Waals surface area contributed by atoms with Gasteiger partial charge in [0, 0.05) is 11.1 Å². The van der Waals surface area contributed by atoms with E-state index in [1.807, 2.05) is 0 Å². The highest BCUT2D eigenvalue weighted by Crippen LogP contribution is 2.13. The molecule has 0 aromatic heterocycles. The van der Waals surface area contributed by atoms with Crippen LogP contribution in [0.5, 0.6) is 0 Å². The highest BCUT2D eigenvalue weighted by atomic mass is 16.4. The van der Waals surface area contributed by atoms with E-state index in [2.05, 4.69) is 0 Å². The largest absolute Gasteiger partial charge is 0.478 e. The summed E-state index contributed by atoms with van der Waals surface area (Å²) >= 11 is 0. The molecule has 20 heavy (non-hydrogen) atoms. The Bertz CT molecular complexity index is 659. The zero-order chi connectivity index (χ0) is 14.5. The second-order valence-corrected chi connectivity index (χ2v) is 4.24. The van der Waals surface area contributed by atoms with E-state index in [1.54, 1.807) is 42.5 Å². The van der Waals surface area contributed by atoms with Crippen LogP contribution in [0.4, 0.5) is 0 Å². The maximum absolute atomic E-state index is 12.1. The highest BCUT2D eigenvalue weighted by molar-refractivity contribution is 6.16. The Morgan fingerprint density at radius 3 is 1.90 bits per heavy atom. The number of benzene rings is 2. The fraction of sp³-hybridized carbons (Fsp3) is 0.0625. The predicted octanol–water partition coefficient (Wildman–Crippen LogP) is 2.84. The van der Waals surface area contributed by atoms with Gasteiger partial charge in [0.05, 0.1) is 12.0 Å². The van der Waals surface area contributed by atoms with Crippen molar-refractivity contribution >= 4 is 17.5 Å². The number of hydrogen-bond donors (Lipinski definition) is 1. The van der Waals surface area contributed by atoms with Crippen LogP contribution in [-0.4, -0.2) is 22.6 Å². The van der Waals surface area contributed by atoms with Crippen molar-refractivity contribution < 1.29 is 19.5 Å². The molecule has 2 rings (SSSR count). The fourth-order valence-electron chi connectivity index (χ4n) is 1.88. The number of rotatable bonds is 5. The number of carbonyl (C=O) groups is 3. The summed E-state index contributed by atoms with van der Waals surface area (Å²) < 4.78 is 0. The number of carbonyl (C=O) groups excluding carboxylic acids is 2. The van der Waals surface area contributed by atoms with Gasteiger partial charge in [-0.1, -0.05) is 48.5 Å². The summed E-state index contributed by atoms with van der Waals surface area (Å²) in [5, 5.41) is 9.03. The van der Waals surface area contributed by atoms with E-state index in [4.69, 9.17) is 5.11 Å². The van der Waals surface area contributed by atoms with E-state index in [0.29, 0.717) is 5.56 Å². The van der Waals surface area contributed by atoms with Crippen molar-refractivity contribution in [3.63, 3.8) is 0 Å². The number of Topliss-reactive ketones (excluding diaryl/α,β-unsaturated/α-hetero) is 2. The normalized spacial score (nSPS) is 10.0. The van der Waals surface area contributed by atoms with Crippen molar-refractivity contribution in [2.24, 2.45) is 0 Å². The Labute approximate surface area is 115 Å². The van der Waals surface area contributed by atoms with Crippen molar-refractivity contribution in [1.29, 1.82) is 0 Å². The Morgan fingerprint density at radius 2 is 1.30 bits per heavy atom. The molecule has 0 aliphatic carbocycles. The molecule has 0 fully saturated rings. The van der Waals surface area contributed by atoms with Crippen LogP contribution in [-0.2, 0) is 0 Å². The third kappa shape index (κ3) is 2.98. The van der Waals surface area contributed by atoms with Crippen LogP contribution in [0, 0.1) is 0 Å².